The Balaban J connectivity index is 2.25. The molecule has 2 nitrogen and oxygen atoms in total. The Bertz CT molecular complexity index is 466. The van der Waals surface area contributed by atoms with Crippen LogP contribution in [0.3, 0.4) is 0 Å². The second-order valence-electron chi connectivity index (χ2n) is 5.46. The van der Waals surface area contributed by atoms with Gasteiger partial charge in [-0.25, -0.2) is 0 Å². The second-order valence-corrected chi connectivity index (χ2v) is 5.46. The first-order valence-electron chi connectivity index (χ1n) is 6.48. The van der Waals surface area contributed by atoms with Gasteiger partial charge in [-0.2, -0.15) is 0 Å². The first-order chi connectivity index (χ1) is 8.92. The molecular weight excluding hydrogens is 236 g/mol. The summed E-state index contributed by atoms with van der Waals surface area (Å²) in [5.74, 6) is 0. The topological polar surface area (TPSA) is 40.5 Å². The van der Waals surface area contributed by atoms with E-state index in [1.165, 1.54) is 0 Å². The summed E-state index contributed by atoms with van der Waals surface area (Å²) in [7, 11) is 0. The third-order valence-electron chi connectivity index (χ3n) is 3.48. The molecule has 2 rings (SSSR count). The Morgan fingerprint density at radius 2 is 1.00 bits per heavy atom. The Morgan fingerprint density at radius 3 is 1.32 bits per heavy atom. The summed E-state index contributed by atoms with van der Waals surface area (Å²) < 4.78 is 0. The fourth-order valence-corrected chi connectivity index (χ4v) is 2.47. The number of rotatable bonds is 4. The summed E-state index contributed by atoms with van der Waals surface area (Å²) in [5, 5.41) is 21.2. The minimum Gasteiger partial charge on any atom is -0.385 e. The van der Waals surface area contributed by atoms with Crippen molar-refractivity contribution in [3.8, 4) is 0 Å². The largest absolute Gasteiger partial charge is 0.385 e. The van der Waals surface area contributed by atoms with E-state index in [2.05, 4.69) is 0 Å². The molecular formula is C17H20O2. The van der Waals surface area contributed by atoms with E-state index in [1.807, 2.05) is 60.7 Å². The molecule has 0 fully saturated rings. The van der Waals surface area contributed by atoms with Gasteiger partial charge >= 0.3 is 0 Å². The molecule has 100 valence electrons. The van der Waals surface area contributed by atoms with E-state index in [-0.39, 0.29) is 6.42 Å². The van der Waals surface area contributed by atoms with Crippen LogP contribution in [0.25, 0.3) is 0 Å². The lowest BCUT2D eigenvalue weighted by Crippen LogP contribution is -2.33. The molecule has 2 N–H and O–H groups in total. The normalized spacial score (nSPS) is 17.5. The van der Waals surface area contributed by atoms with Gasteiger partial charge in [-0.1, -0.05) is 60.7 Å². The second kappa shape index (κ2) is 5.16. The fraction of sp³-hybridized carbons (Fsp3) is 0.294. The molecule has 0 aromatic heterocycles. The summed E-state index contributed by atoms with van der Waals surface area (Å²) >= 11 is 0. The standard InChI is InChI=1S/C17H20O2/c1-16(18,14-9-5-3-6-10-14)13-17(2,19)15-11-7-4-8-12-15/h3-12,18-19H,13H2,1-2H3/t16-,17-/m0/s1. The van der Waals surface area contributed by atoms with Crippen LogP contribution in [0.1, 0.15) is 31.4 Å². The minimum absolute atomic E-state index is 0.244. The van der Waals surface area contributed by atoms with Crippen LogP contribution in [0.4, 0.5) is 0 Å². The van der Waals surface area contributed by atoms with Gasteiger partial charge < -0.3 is 10.2 Å². The van der Waals surface area contributed by atoms with E-state index in [9.17, 15) is 10.2 Å². The monoisotopic (exact) mass is 256 g/mol. The maximum absolute atomic E-state index is 10.6. The van der Waals surface area contributed by atoms with Crippen LogP contribution in [-0.2, 0) is 11.2 Å². The zero-order valence-corrected chi connectivity index (χ0v) is 11.4. The maximum Gasteiger partial charge on any atom is 0.0899 e. The highest BCUT2D eigenvalue weighted by molar-refractivity contribution is 5.26. The van der Waals surface area contributed by atoms with Crippen molar-refractivity contribution < 1.29 is 10.2 Å². The summed E-state index contributed by atoms with van der Waals surface area (Å²) in [6.07, 6.45) is 0.244. The van der Waals surface area contributed by atoms with Crippen LogP contribution in [0.15, 0.2) is 60.7 Å². The molecule has 0 bridgehead atoms. The molecule has 0 aliphatic heterocycles. The SMILES string of the molecule is C[C@](O)(C[C@](C)(O)c1ccccc1)c1ccccc1. The number of hydrogen-bond acceptors (Lipinski definition) is 2. The average Bonchev–Trinajstić information content (AvgIpc) is 2.40. The van der Waals surface area contributed by atoms with E-state index in [4.69, 9.17) is 0 Å². The van der Waals surface area contributed by atoms with Crippen molar-refractivity contribution in [1.82, 2.24) is 0 Å². The molecule has 0 aliphatic carbocycles. The van der Waals surface area contributed by atoms with Gasteiger partial charge in [0.1, 0.15) is 0 Å². The van der Waals surface area contributed by atoms with Gasteiger partial charge in [0.15, 0.2) is 0 Å². The van der Waals surface area contributed by atoms with E-state index < -0.39 is 11.2 Å². The van der Waals surface area contributed by atoms with Crippen LogP contribution in [0.2, 0.25) is 0 Å². The van der Waals surface area contributed by atoms with E-state index in [0.29, 0.717) is 0 Å². The Labute approximate surface area is 114 Å². The maximum atomic E-state index is 10.6. The lowest BCUT2D eigenvalue weighted by atomic mass is 9.81. The van der Waals surface area contributed by atoms with Gasteiger partial charge in [0.25, 0.3) is 0 Å². The average molecular weight is 256 g/mol. The van der Waals surface area contributed by atoms with Gasteiger partial charge in [-0.3, -0.25) is 0 Å². The molecule has 2 heteroatoms. The van der Waals surface area contributed by atoms with Gasteiger partial charge in [0.05, 0.1) is 11.2 Å². The zero-order chi connectivity index (χ0) is 13.9. The number of hydrogen-bond donors (Lipinski definition) is 2. The Hall–Kier alpha value is -1.64. The third-order valence-corrected chi connectivity index (χ3v) is 3.48. The highest BCUT2D eigenvalue weighted by Gasteiger charge is 2.34. The number of benzene rings is 2. The molecule has 0 heterocycles. The lowest BCUT2D eigenvalue weighted by molar-refractivity contribution is -0.0525. The van der Waals surface area contributed by atoms with E-state index in [1.54, 1.807) is 13.8 Å². The molecule has 0 saturated heterocycles. The Morgan fingerprint density at radius 1 is 0.684 bits per heavy atom. The van der Waals surface area contributed by atoms with Crippen molar-refractivity contribution in [3.05, 3.63) is 71.8 Å². The molecule has 2 aromatic carbocycles. The molecule has 0 radical (unpaired) electrons. The quantitative estimate of drug-likeness (QED) is 0.882. The Kier molecular flexibility index (Phi) is 3.74. The van der Waals surface area contributed by atoms with Crippen LogP contribution < -0.4 is 0 Å². The molecule has 2 aromatic rings. The molecule has 0 saturated carbocycles. The van der Waals surface area contributed by atoms with Crippen molar-refractivity contribution in [2.24, 2.45) is 0 Å². The van der Waals surface area contributed by atoms with Crippen molar-refractivity contribution in [1.29, 1.82) is 0 Å². The summed E-state index contributed by atoms with van der Waals surface area (Å²) in [6.45, 7) is 3.47. The molecule has 0 aliphatic rings. The van der Waals surface area contributed by atoms with Crippen LogP contribution >= 0.6 is 0 Å². The molecule has 0 amide bonds. The number of aliphatic hydroxyl groups is 2. The summed E-state index contributed by atoms with van der Waals surface area (Å²) in [4.78, 5) is 0. The van der Waals surface area contributed by atoms with Gasteiger partial charge in [-0.15, -0.1) is 0 Å². The van der Waals surface area contributed by atoms with E-state index >= 15 is 0 Å². The molecule has 19 heavy (non-hydrogen) atoms. The van der Waals surface area contributed by atoms with Crippen LogP contribution in [0, 0.1) is 0 Å². The first-order valence-corrected chi connectivity index (χ1v) is 6.48. The summed E-state index contributed by atoms with van der Waals surface area (Å²) in [5.41, 5.74) is -0.515. The highest BCUT2D eigenvalue weighted by atomic mass is 16.3. The molecule has 2 atom stereocenters. The van der Waals surface area contributed by atoms with Crippen LogP contribution in [-0.4, -0.2) is 10.2 Å². The summed E-state index contributed by atoms with van der Waals surface area (Å²) in [6, 6.07) is 18.9. The third kappa shape index (κ3) is 3.22. The van der Waals surface area contributed by atoms with Crippen molar-refractivity contribution in [2.45, 2.75) is 31.5 Å². The predicted molar refractivity (Wildman–Crippen MR) is 76.6 cm³/mol. The van der Waals surface area contributed by atoms with Crippen molar-refractivity contribution >= 4 is 0 Å². The van der Waals surface area contributed by atoms with Gasteiger partial charge in [0.2, 0.25) is 0 Å². The van der Waals surface area contributed by atoms with Gasteiger partial charge in [0, 0.05) is 6.42 Å². The predicted octanol–water partition coefficient (Wildman–Crippen LogP) is 3.19. The smallest absolute Gasteiger partial charge is 0.0899 e. The van der Waals surface area contributed by atoms with Crippen LogP contribution in [0.5, 0.6) is 0 Å². The van der Waals surface area contributed by atoms with Crippen molar-refractivity contribution in [2.75, 3.05) is 0 Å². The fourth-order valence-electron chi connectivity index (χ4n) is 2.47. The van der Waals surface area contributed by atoms with E-state index in [0.717, 1.165) is 11.1 Å². The first kappa shape index (κ1) is 13.8. The van der Waals surface area contributed by atoms with Gasteiger partial charge in [-0.05, 0) is 25.0 Å². The lowest BCUT2D eigenvalue weighted by Gasteiger charge is -2.33. The highest BCUT2D eigenvalue weighted by Crippen LogP contribution is 2.35. The molecule has 0 spiro atoms. The molecule has 0 unspecified atom stereocenters. The minimum atomic E-state index is -1.07. The zero-order valence-electron chi connectivity index (χ0n) is 11.4. The van der Waals surface area contributed by atoms with Crippen molar-refractivity contribution in [3.63, 3.8) is 0 Å².